The molecule has 0 radical (unpaired) electrons. The third kappa shape index (κ3) is 5.10. The maximum Gasteiger partial charge on any atom is 0.338 e. The summed E-state index contributed by atoms with van der Waals surface area (Å²) in [4.78, 5) is 35.3. The Balaban J connectivity index is 1.64. The molecule has 2 aromatic rings. The molecule has 2 N–H and O–H groups in total. The Morgan fingerprint density at radius 1 is 1.24 bits per heavy atom. The highest BCUT2D eigenvalue weighted by Gasteiger charge is 2.26. The van der Waals surface area contributed by atoms with Crippen LogP contribution in [0.5, 0.6) is 0 Å². The smallest absolute Gasteiger partial charge is 0.338 e. The molecule has 0 bridgehead atoms. The summed E-state index contributed by atoms with van der Waals surface area (Å²) in [5, 5.41) is 17.1. The summed E-state index contributed by atoms with van der Waals surface area (Å²) in [5.41, 5.74) is 2.82. The minimum atomic E-state index is -0.790. The molecule has 0 saturated heterocycles. The SMILES string of the molecule is CCc1cccc(C)c1NC(=O)COC(=O)c1ccc(NC2CC2)c([N+](=O)[O-])c1. The number of anilines is 2. The number of nitro benzene ring substituents is 1. The lowest BCUT2D eigenvalue weighted by Gasteiger charge is -2.13. The van der Waals surface area contributed by atoms with E-state index in [0.29, 0.717) is 11.4 Å². The number of nitro groups is 1. The summed E-state index contributed by atoms with van der Waals surface area (Å²) in [5.74, 6) is -1.26. The molecule has 0 unspecified atom stereocenters. The highest BCUT2D eigenvalue weighted by atomic mass is 16.6. The van der Waals surface area contributed by atoms with E-state index in [1.165, 1.54) is 18.2 Å². The highest BCUT2D eigenvalue weighted by molar-refractivity contribution is 5.97. The van der Waals surface area contributed by atoms with Gasteiger partial charge in [-0.15, -0.1) is 0 Å². The third-order valence-electron chi connectivity index (χ3n) is 4.71. The van der Waals surface area contributed by atoms with E-state index in [-0.39, 0.29) is 17.3 Å². The first-order valence-electron chi connectivity index (χ1n) is 9.49. The molecule has 29 heavy (non-hydrogen) atoms. The first-order chi connectivity index (χ1) is 13.9. The van der Waals surface area contributed by atoms with E-state index in [1.807, 2.05) is 32.0 Å². The topological polar surface area (TPSA) is 111 Å². The van der Waals surface area contributed by atoms with Crippen LogP contribution >= 0.6 is 0 Å². The number of carbonyl (C=O) groups is 2. The number of nitrogens with one attached hydrogen (secondary N) is 2. The van der Waals surface area contributed by atoms with Gasteiger partial charge in [0, 0.05) is 17.8 Å². The standard InChI is InChI=1S/C21H23N3O5/c1-3-14-6-4-5-13(2)20(14)23-19(25)12-29-21(26)15-7-10-17(22-16-8-9-16)18(11-15)24(27)28/h4-7,10-11,16,22H,3,8-9,12H2,1-2H3,(H,23,25). The van der Waals surface area contributed by atoms with Crippen LogP contribution < -0.4 is 10.6 Å². The van der Waals surface area contributed by atoms with Crippen LogP contribution in [0.2, 0.25) is 0 Å². The first-order valence-corrected chi connectivity index (χ1v) is 9.49. The van der Waals surface area contributed by atoms with Crippen LogP contribution in [0.3, 0.4) is 0 Å². The molecule has 8 heteroatoms. The first kappa shape index (κ1) is 20.3. The molecular formula is C21H23N3O5. The molecule has 152 valence electrons. The molecule has 1 saturated carbocycles. The van der Waals surface area contributed by atoms with E-state index in [4.69, 9.17) is 4.74 Å². The minimum absolute atomic E-state index is 0.0241. The average molecular weight is 397 g/mol. The quantitative estimate of drug-likeness (QED) is 0.398. The fourth-order valence-corrected chi connectivity index (χ4v) is 2.97. The largest absolute Gasteiger partial charge is 0.452 e. The van der Waals surface area contributed by atoms with Gasteiger partial charge in [-0.2, -0.15) is 0 Å². The van der Waals surface area contributed by atoms with Gasteiger partial charge in [-0.05, 0) is 49.4 Å². The molecule has 3 rings (SSSR count). The molecule has 0 aromatic heterocycles. The Bertz CT molecular complexity index is 953. The number of hydrogen-bond donors (Lipinski definition) is 2. The molecule has 2 aromatic carbocycles. The number of amides is 1. The van der Waals surface area contributed by atoms with Crippen LogP contribution in [0.25, 0.3) is 0 Å². The van der Waals surface area contributed by atoms with Crippen molar-refractivity contribution >= 4 is 28.9 Å². The summed E-state index contributed by atoms with van der Waals surface area (Å²) in [7, 11) is 0. The molecule has 0 heterocycles. The molecule has 0 spiro atoms. The monoisotopic (exact) mass is 397 g/mol. The van der Waals surface area contributed by atoms with Crippen LogP contribution in [0, 0.1) is 17.0 Å². The molecule has 1 amide bonds. The molecule has 1 fully saturated rings. The van der Waals surface area contributed by atoms with Crippen molar-refractivity contribution in [1.82, 2.24) is 0 Å². The van der Waals surface area contributed by atoms with E-state index in [2.05, 4.69) is 10.6 Å². The van der Waals surface area contributed by atoms with Gasteiger partial charge < -0.3 is 15.4 Å². The average Bonchev–Trinajstić information content (AvgIpc) is 3.51. The molecule has 8 nitrogen and oxygen atoms in total. The van der Waals surface area contributed by atoms with Crippen molar-refractivity contribution in [2.45, 2.75) is 39.2 Å². The summed E-state index contributed by atoms with van der Waals surface area (Å²) in [6.45, 7) is 3.39. The Labute approximate surface area is 168 Å². The number of carbonyl (C=O) groups excluding carboxylic acids is 2. The van der Waals surface area contributed by atoms with E-state index < -0.39 is 23.4 Å². The molecule has 0 atom stereocenters. The van der Waals surface area contributed by atoms with Crippen LogP contribution in [-0.4, -0.2) is 29.4 Å². The van der Waals surface area contributed by atoms with Crippen LogP contribution in [0.4, 0.5) is 17.1 Å². The van der Waals surface area contributed by atoms with Gasteiger partial charge in [-0.1, -0.05) is 25.1 Å². The lowest BCUT2D eigenvalue weighted by Crippen LogP contribution is -2.22. The summed E-state index contributed by atoms with van der Waals surface area (Å²) in [6, 6.07) is 10.1. The number of rotatable bonds is 8. The fraction of sp³-hybridized carbons (Fsp3) is 0.333. The van der Waals surface area contributed by atoms with Gasteiger partial charge in [-0.3, -0.25) is 14.9 Å². The number of esters is 1. The third-order valence-corrected chi connectivity index (χ3v) is 4.71. The maximum absolute atomic E-state index is 12.3. The molecule has 1 aliphatic rings. The summed E-state index contributed by atoms with van der Waals surface area (Å²) < 4.78 is 5.05. The maximum atomic E-state index is 12.3. The number of para-hydroxylation sites is 1. The van der Waals surface area contributed by atoms with E-state index in [0.717, 1.165) is 30.4 Å². The van der Waals surface area contributed by atoms with Crippen molar-refractivity contribution in [3.63, 3.8) is 0 Å². The summed E-state index contributed by atoms with van der Waals surface area (Å²) in [6.07, 6.45) is 2.69. The van der Waals surface area contributed by atoms with Crippen molar-refractivity contribution in [2.24, 2.45) is 0 Å². The Morgan fingerprint density at radius 3 is 2.66 bits per heavy atom. The lowest BCUT2D eigenvalue weighted by molar-refractivity contribution is -0.384. The predicted octanol–water partition coefficient (Wildman–Crippen LogP) is 3.84. The van der Waals surface area contributed by atoms with Crippen molar-refractivity contribution in [2.75, 3.05) is 17.2 Å². The number of benzene rings is 2. The Hall–Kier alpha value is -3.42. The number of nitrogens with zero attached hydrogens (tertiary/aromatic N) is 1. The Kier molecular flexibility index (Phi) is 6.11. The van der Waals surface area contributed by atoms with E-state index in [9.17, 15) is 19.7 Å². The van der Waals surface area contributed by atoms with Crippen LogP contribution in [0.1, 0.15) is 41.3 Å². The van der Waals surface area contributed by atoms with Crippen molar-refractivity contribution in [3.8, 4) is 0 Å². The zero-order valence-electron chi connectivity index (χ0n) is 16.4. The van der Waals surface area contributed by atoms with Gasteiger partial charge in [0.1, 0.15) is 5.69 Å². The zero-order chi connectivity index (χ0) is 21.0. The number of hydrogen-bond acceptors (Lipinski definition) is 6. The Morgan fingerprint density at radius 2 is 2.00 bits per heavy atom. The van der Waals surface area contributed by atoms with Crippen LogP contribution in [-0.2, 0) is 16.0 Å². The molecule has 0 aliphatic heterocycles. The fourth-order valence-electron chi connectivity index (χ4n) is 2.97. The van der Waals surface area contributed by atoms with Gasteiger partial charge in [0.15, 0.2) is 6.61 Å². The van der Waals surface area contributed by atoms with Gasteiger partial charge in [0.25, 0.3) is 11.6 Å². The van der Waals surface area contributed by atoms with Crippen molar-refractivity contribution in [1.29, 1.82) is 0 Å². The highest BCUT2D eigenvalue weighted by Crippen LogP contribution is 2.31. The number of ether oxygens (including phenoxy) is 1. The van der Waals surface area contributed by atoms with Crippen molar-refractivity contribution < 1.29 is 19.2 Å². The van der Waals surface area contributed by atoms with E-state index in [1.54, 1.807) is 0 Å². The second-order valence-corrected chi connectivity index (χ2v) is 6.99. The zero-order valence-corrected chi connectivity index (χ0v) is 16.4. The lowest BCUT2D eigenvalue weighted by atomic mass is 10.1. The van der Waals surface area contributed by atoms with Gasteiger partial charge in [0.2, 0.25) is 0 Å². The van der Waals surface area contributed by atoms with Crippen molar-refractivity contribution in [3.05, 3.63) is 63.2 Å². The van der Waals surface area contributed by atoms with Gasteiger partial charge >= 0.3 is 5.97 Å². The normalized spacial score (nSPS) is 12.9. The van der Waals surface area contributed by atoms with Gasteiger partial charge in [0.05, 0.1) is 10.5 Å². The molecular weight excluding hydrogens is 374 g/mol. The number of aryl methyl sites for hydroxylation is 2. The predicted molar refractivity (Wildman–Crippen MR) is 109 cm³/mol. The van der Waals surface area contributed by atoms with E-state index >= 15 is 0 Å². The second kappa shape index (κ2) is 8.72. The second-order valence-electron chi connectivity index (χ2n) is 6.99. The van der Waals surface area contributed by atoms with Gasteiger partial charge in [-0.25, -0.2) is 4.79 Å². The summed E-state index contributed by atoms with van der Waals surface area (Å²) >= 11 is 0. The van der Waals surface area contributed by atoms with Crippen LogP contribution in [0.15, 0.2) is 36.4 Å². The molecule has 1 aliphatic carbocycles. The minimum Gasteiger partial charge on any atom is -0.452 e.